The number of amides is 1. The van der Waals surface area contributed by atoms with Crippen molar-refractivity contribution in [3.05, 3.63) is 52.8 Å². The lowest BCUT2D eigenvalue weighted by atomic mass is 10.0. The summed E-state index contributed by atoms with van der Waals surface area (Å²) >= 11 is 0. The summed E-state index contributed by atoms with van der Waals surface area (Å²) in [7, 11) is -3.98. The van der Waals surface area contributed by atoms with Gasteiger partial charge in [-0.2, -0.15) is 0 Å². The van der Waals surface area contributed by atoms with Crippen molar-refractivity contribution < 1.29 is 22.4 Å². The van der Waals surface area contributed by atoms with Crippen LogP contribution < -0.4 is 9.46 Å². The summed E-state index contributed by atoms with van der Waals surface area (Å²) in [5, 5.41) is 0.641. The third-order valence-corrected chi connectivity index (χ3v) is 7.50. The Morgan fingerprint density at radius 3 is 2.38 bits per heavy atom. The van der Waals surface area contributed by atoms with Crippen molar-refractivity contribution in [1.29, 1.82) is 0 Å². The molecule has 1 amide bonds. The van der Waals surface area contributed by atoms with Gasteiger partial charge in [0.2, 0.25) is 0 Å². The summed E-state index contributed by atoms with van der Waals surface area (Å²) in [4.78, 5) is 14.8. The van der Waals surface area contributed by atoms with Crippen LogP contribution >= 0.6 is 0 Å². The zero-order valence-corrected chi connectivity index (χ0v) is 19.6. The average Bonchev–Trinajstić information content (AvgIpc) is 3.39. The van der Waals surface area contributed by atoms with Crippen molar-refractivity contribution in [2.24, 2.45) is 0 Å². The Kier molecular flexibility index (Phi) is 5.90. The van der Waals surface area contributed by atoms with Crippen LogP contribution in [0, 0.1) is 20.8 Å². The largest absolute Gasteiger partial charge is 0.494 e. The van der Waals surface area contributed by atoms with Gasteiger partial charge in [-0.25, -0.2) is 8.42 Å². The molecule has 32 heavy (non-hydrogen) atoms. The lowest BCUT2D eigenvalue weighted by Gasteiger charge is -2.14. The van der Waals surface area contributed by atoms with E-state index in [1.54, 1.807) is 43.0 Å². The normalized spacial score (nSPS) is 14.2. The number of hydrogen-bond donors (Lipinski definition) is 1. The monoisotopic (exact) mass is 456 g/mol. The van der Waals surface area contributed by atoms with Crippen molar-refractivity contribution in [2.75, 3.05) is 24.4 Å². The topological polar surface area (TPSA) is 88.8 Å². The van der Waals surface area contributed by atoms with Gasteiger partial charge in [-0.15, -0.1) is 0 Å². The Hall–Kier alpha value is -3.00. The summed E-state index contributed by atoms with van der Waals surface area (Å²) in [5.74, 6) is 0.690. The Bertz CT molecular complexity index is 1270. The standard InChI is InChI=1S/C24H28N2O5S/c1-5-30-19-10-8-18(9-11-19)25-32(28,29)23-16(3)15(2)14-20-17(4)21(31-22(20)23)24(27)26-12-6-7-13-26/h8-11,14,25H,5-7,12-13H2,1-4H3. The van der Waals surface area contributed by atoms with E-state index < -0.39 is 10.0 Å². The van der Waals surface area contributed by atoms with Crippen LogP contribution in [0.1, 0.15) is 47.0 Å². The molecule has 0 radical (unpaired) electrons. The lowest BCUT2D eigenvalue weighted by Crippen LogP contribution is -2.27. The van der Waals surface area contributed by atoms with Gasteiger partial charge in [0.15, 0.2) is 11.3 Å². The summed E-state index contributed by atoms with van der Waals surface area (Å²) < 4.78 is 40.9. The lowest BCUT2D eigenvalue weighted by molar-refractivity contribution is 0.0762. The fourth-order valence-electron chi connectivity index (χ4n) is 4.13. The predicted molar refractivity (Wildman–Crippen MR) is 124 cm³/mol. The maximum atomic E-state index is 13.4. The molecule has 2 heterocycles. The Morgan fingerprint density at radius 1 is 1.09 bits per heavy atom. The van der Waals surface area contributed by atoms with Gasteiger partial charge in [-0.05, 0) is 82.0 Å². The molecular weight excluding hydrogens is 428 g/mol. The molecule has 8 heteroatoms. The van der Waals surface area contributed by atoms with E-state index in [0.717, 1.165) is 18.4 Å². The summed E-state index contributed by atoms with van der Waals surface area (Å²) in [6.07, 6.45) is 1.93. The molecular formula is C24H28N2O5S. The first kappa shape index (κ1) is 22.2. The minimum Gasteiger partial charge on any atom is -0.494 e. The maximum absolute atomic E-state index is 13.4. The van der Waals surface area contributed by atoms with Crippen LogP contribution in [0.15, 0.2) is 39.6 Å². The van der Waals surface area contributed by atoms with E-state index >= 15 is 0 Å². The van der Waals surface area contributed by atoms with Gasteiger partial charge in [0.1, 0.15) is 10.6 Å². The quantitative estimate of drug-likeness (QED) is 0.576. The van der Waals surface area contributed by atoms with Crippen molar-refractivity contribution in [3.8, 4) is 5.75 Å². The van der Waals surface area contributed by atoms with Crippen molar-refractivity contribution >= 4 is 32.6 Å². The molecule has 3 aromatic rings. The van der Waals surface area contributed by atoms with E-state index in [9.17, 15) is 13.2 Å². The van der Waals surface area contributed by atoms with E-state index in [4.69, 9.17) is 9.15 Å². The Labute approximate surface area is 188 Å². The Balaban J connectivity index is 1.79. The first-order valence-corrected chi connectivity index (χ1v) is 12.3. The predicted octanol–water partition coefficient (Wildman–Crippen LogP) is 4.79. The first-order valence-electron chi connectivity index (χ1n) is 10.8. The third kappa shape index (κ3) is 3.95. The first-order chi connectivity index (χ1) is 15.2. The zero-order chi connectivity index (χ0) is 23.0. The molecule has 1 saturated heterocycles. The van der Waals surface area contributed by atoms with E-state index in [1.165, 1.54) is 0 Å². The van der Waals surface area contributed by atoms with E-state index in [2.05, 4.69) is 4.72 Å². The molecule has 0 unspecified atom stereocenters. The van der Waals surface area contributed by atoms with E-state index in [0.29, 0.717) is 47.6 Å². The van der Waals surface area contributed by atoms with Crippen molar-refractivity contribution in [3.63, 3.8) is 0 Å². The van der Waals surface area contributed by atoms with Crippen LogP contribution in [0.2, 0.25) is 0 Å². The second-order valence-corrected chi connectivity index (χ2v) is 9.76. The van der Waals surface area contributed by atoms with Gasteiger partial charge in [0, 0.05) is 29.7 Å². The summed E-state index contributed by atoms with van der Waals surface area (Å²) in [6, 6.07) is 8.62. The number of sulfonamides is 1. The van der Waals surface area contributed by atoms with Gasteiger partial charge >= 0.3 is 0 Å². The molecule has 2 aromatic carbocycles. The van der Waals surface area contributed by atoms with E-state index in [-0.39, 0.29) is 22.1 Å². The van der Waals surface area contributed by atoms with Crippen LogP contribution in [-0.2, 0) is 10.0 Å². The number of hydrogen-bond acceptors (Lipinski definition) is 5. The molecule has 0 saturated carbocycles. The van der Waals surface area contributed by atoms with Gasteiger partial charge in [-0.1, -0.05) is 0 Å². The number of likely N-dealkylation sites (tertiary alicyclic amines) is 1. The van der Waals surface area contributed by atoms with Crippen LogP contribution in [-0.4, -0.2) is 38.9 Å². The zero-order valence-electron chi connectivity index (χ0n) is 18.8. The number of anilines is 1. The highest BCUT2D eigenvalue weighted by Crippen LogP contribution is 2.36. The minimum atomic E-state index is -3.98. The number of benzene rings is 2. The summed E-state index contributed by atoms with van der Waals surface area (Å²) in [5.41, 5.74) is 2.70. The molecule has 1 aliphatic heterocycles. The molecule has 1 aliphatic rings. The fourth-order valence-corrected chi connectivity index (χ4v) is 5.63. The molecule has 0 aliphatic carbocycles. The number of carbonyl (C=O) groups is 1. The van der Waals surface area contributed by atoms with Crippen molar-refractivity contribution in [1.82, 2.24) is 4.90 Å². The van der Waals surface area contributed by atoms with Crippen LogP contribution in [0.3, 0.4) is 0 Å². The van der Waals surface area contributed by atoms with Gasteiger partial charge in [-0.3, -0.25) is 9.52 Å². The van der Waals surface area contributed by atoms with Crippen LogP contribution in [0.5, 0.6) is 5.75 Å². The smallest absolute Gasteiger partial charge is 0.289 e. The average molecular weight is 457 g/mol. The number of nitrogens with zero attached hydrogens (tertiary/aromatic N) is 1. The van der Waals surface area contributed by atoms with Gasteiger partial charge in [0.05, 0.1) is 6.61 Å². The minimum absolute atomic E-state index is 0.0601. The molecule has 7 nitrogen and oxygen atoms in total. The molecule has 0 spiro atoms. The molecule has 1 aromatic heterocycles. The summed E-state index contributed by atoms with van der Waals surface area (Å²) in [6.45, 7) is 9.22. The number of fused-ring (bicyclic) bond motifs is 1. The highest BCUT2D eigenvalue weighted by Gasteiger charge is 2.30. The molecule has 0 bridgehead atoms. The number of ether oxygens (including phenoxy) is 1. The number of carbonyl (C=O) groups excluding carboxylic acids is 1. The molecule has 4 rings (SSSR count). The fraction of sp³-hybridized carbons (Fsp3) is 0.375. The van der Waals surface area contributed by atoms with E-state index in [1.807, 2.05) is 19.9 Å². The molecule has 0 atom stereocenters. The maximum Gasteiger partial charge on any atom is 0.289 e. The van der Waals surface area contributed by atoms with Gasteiger partial charge in [0.25, 0.3) is 15.9 Å². The van der Waals surface area contributed by atoms with Crippen LogP contribution in [0.4, 0.5) is 5.69 Å². The number of aryl methyl sites for hydroxylation is 2. The second kappa shape index (κ2) is 8.50. The number of furan rings is 1. The van der Waals surface area contributed by atoms with Gasteiger partial charge < -0.3 is 14.1 Å². The second-order valence-electron chi connectivity index (χ2n) is 8.14. The molecule has 170 valence electrons. The Morgan fingerprint density at radius 2 is 1.75 bits per heavy atom. The highest BCUT2D eigenvalue weighted by molar-refractivity contribution is 7.93. The number of rotatable bonds is 6. The van der Waals surface area contributed by atoms with Crippen molar-refractivity contribution in [2.45, 2.75) is 45.4 Å². The van der Waals surface area contributed by atoms with Crippen LogP contribution in [0.25, 0.3) is 11.0 Å². The third-order valence-electron chi connectivity index (χ3n) is 5.97. The SMILES string of the molecule is CCOc1ccc(NS(=O)(=O)c2c(C)c(C)cc3c(C)c(C(=O)N4CCCC4)oc23)cc1. The molecule has 1 N–H and O–H groups in total. The number of nitrogens with one attached hydrogen (secondary N) is 1. The molecule has 1 fully saturated rings. The highest BCUT2D eigenvalue weighted by atomic mass is 32.2.